The molecule has 0 aliphatic carbocycles. The lowest BCUT2D eigenvalue weighted by atomic mass is 10.1. The first kappa shape index (κ1) is 11.6. The normalized spacial score (nSPS) is 16.9. The number of hydrogen-bond donors (Lipinski definition) is 1. The van der Waals surface area contributed by atoms with Crippen LogP contribution < -0.4 is 5.32 Å². The smallest absolute Gasteiger partial charge is 0.204 e. The van der Waals surface area contributed by atoms with Crippen molar-refractivity contribution in [1.29, 1.82) is 0 Å². The van der Waals surface area contributed by atoms with Gasteiger partial charge < -0.3 is 5.32 Å². The average molecular weight is 264 g/mol. The fraction of sp³-hybridized carbons (Fsp3) is 0.417. The maximum absolute atomic E-state index is 5.96. The fourth-order valence-corrected chi connectivity index (χ4v) is 2.35. The lowest BCUT2D eigenvalue weighted by Gasteiger charge is -2.20. The third-order valence-corrected chi connectivity index (χ3v) is 3.38. The van der Waals surface area contributed by atoms with Gasteiger partial charge in [0.2, 0.25) is 5.82 Å². The van der Waals surface area contributed by atoms with E-state index in [0.717, 1.165) is 31.5 Å². The molecule has 0 radical (unpaired) electrons. The summed E-state index contributed by atoms with van der Waals surface area (Å²) in [5.74, 6) is 0.635. The zero-order chi connectivity index (χ0) is 12.4. The van der Waals surface area contributed by atoms with Gasteiger partial charge in [0.15, 0.2) is 0 Å². The molecule has 3 rings (SSSR count). The molecule has 0 spiro atoms. The molecule has 0 atom stereocenters. The highest BCUT2D eigenvalue weighted by molar-refractivity contribution is 6.30. The highest BCUT2D eigenvalue weighted by atomic mass is 35.5. The van der Waals surface area contributed by atoms with Crippen LogP contribution in [0.4, 0.5) is 0 Å². The second kappa shape index (κ2) is 5.04. The Morgan fingerprint density at radius 2 is 2.11 bits per heavy atom. The Labute approximate surface area is 110 Å². The predicted molar refractivity (Wildman–Crippen MR) is 69.4 cm³/mol. The summed E-state index contributed by atoms with van der Waals surface area (Å²) < 4.78 is 0. The van der Waals surface area contributed by atoms with Crippen molar-refractivity contribution in [3.05, 3.63) is 29.3 Å². The third kappa shape index (κ3) is 2.37. The largest absolute Gasteiger partial charge is 0.317 e. The van der Waals surface area contributed by atoms with Gasteiger partial charge >= 0.3 is 0 Å². The monoisotopic (exact) mass is 263 g/mol. The summed E-state index contributed by atoms with van der Waals surface area (Å²) in [5.41, 5.74) is 0.905. The van der Waals surface area contributed by atoms with Crippen molar-refractivity contribution < 1.29 is 0 Å². The number of rotatable bonds is 2. The molecule has 0 bridgehead atoms. The molecule has 18 heavy (non-hydrogen) atoms. The van der Waals surface area contributed by atoms with E-state index in [9.17, 15) is 0 Å². The van der Waals surface area contributed by atoms with Crippen molar-refractivity contribution in [2.45, 2.75) is 18.9 Å². The van der Waals surface area contributed by atoms with Crippen molar-refractivity contribution in [3.63, 3.8) is 0 Å². The Hall–Kier alpha value is -1.46. The summed E-state index contributed by atoms with van der Waals surface area (Å²) in [6.07, 6.45) is 2.09. The first-order chi connectivity index (χ1) is 8.83. The van der Waals surface area contributed by atoms with E-state index in [-0.39, 0.29) is 0 Å². The van der Waals surface area contributed by atoms with E-state index in [1.54, 1.807) is 4.80 Å². The molecule has 0 amide bonds. The second-order valence-electron chi connectivity index (χ2n) is 4.42. The maximum Gasteiger partial charge on any atom is 0.204 e. The molecular weight excluding hydrogens is 250 g/mol. The molecule has 2 aromatic rings. The number of halogens is 1. The highest BCUT2D eigenvalue weighted by Gasteiger charge is 2.18. The van der Waals surface area contributed by atoms with E-state index < -0.39 is 0 Å². The Morgan fingerprint density at radius 1 is 1.28 bits per heavy atom. The van der Waals surface area contributed by atoms with Gasteiger partial charge in [-0.15, -0.1) is 10.2 Å². The van der Waals surface area contributed by atoms with Crippen molar-refractivity contribution >= 4 is 11.6 Å². The summed E-state index contributed by atoms with van der Waals surface area (Å²) in [6, 6.07) is 7.87. The Balaban J connectivity index is 1.84. The lowest BCUT2D eigenvalue weighted by molar-refractivity contribution is 0.309. The van der Waals surface area contributed by atoms with E-state index >= 15 is 0 Å². The predicted octanol–water partition coefficient (Wildman–Crippen LogP) is 1.92. The number of benzene rings is 1. The van der Waals surface area contributed by atoms with Gasteiger partial charge in [-0.25, -0.2) is 0 Å². The Kier molecular flexibility index (Phi) is 3.25. The Bertz CT molecular complexity index is 533. The zero-order valence-electron chi connectivity index (χ0n) is 9.88. The van der Waals surface area contributed by atoms with Gasteiger partial charge in [-0.3, -0.25) is 0 Å². The molecule has 1 aromatic heterocycles. The fourth-order valence-electron chi connectivity index (χ4n) is 2.16. The quantitative estimate of drug-likeness (QED) is 0.899. The summed E-state index contributed by atoms with van der Waals surface area (Å²) in [6.45, 7) is 2.03. The summed E-state index contributed by atoms with van der Waals surface area (Å²) in [4.78, 5) is 1.73. The molecule has 1 aliphatic heterocycles. The number of piperidine rings is 1. The van der Waals surface area contributed by atoms with Crippen LogP contribution in [0.2, 0.25) is 5.02 Å². The average Bonchev–Trinajstić information content (AvgIpc) is 2.89. The molecule has 94 valence electrons. The maximum atomic E-state index is 5.96. The topological polar surface area (TPSA) is 55.6 Å². The second-order valence-corrected chi connectivity index (χ2v) is 4.86. The van der Waals surface area contributed by atoms with Crippen LogP contribution in [-0.4, -0.2) is 33.3 Å². The first-order valence-corrected chi connectivity index (χ1v) is 6.47. The van der Waals surface area contributed by atoms with Crippen molar-refractivity contribution in [3.8, 4) is 11.4 Å². The molecular formula is C12H14ClN5. The minimum atomic E-state index is 0.353. The molecule has 1 saturated heterocycles. The number of aromatic nitrogens is 4. The molecule has 1 fully saturated rings. The standard InChI is InChI=1S/C12H14ClN5/c13-10-3-1-2-9(8-10)12-15-17-18(16-12)11-4-6-14-7-5-11/h1-3,8,11,14H,4-7H2. The van der Waals surface area contributed by atoms with E-state index in [1.165, 1.54) is 0 Å². The van der Waals surface area contributed by atoms with Crippen LogP contribution in [0.1, 0.15) is 18.9 Å². The van der Waals surface area contributed by atoms with Crippen LogP contribution in [0, 0.1) is 0 Å². The van der Waals surface area contributed by atoms with Crippen molar-refractivity contribution in [2.75, 3.05) is 13.1 Å². The zero-order valence-corrected chi connectivity index (χ0v) is 10.6. The molecule has 1 aliphatic rings. The summed E-state index contributed by atoms with van der Waals surface area (Å²) in [7, 11) is 0. The van der Waals surface area contributed by atoms with Crippen LogP contribution in [0.25, 0.3) is 11.4 Å². The minimum absolute atomic E-state index is 0.353. The van der Waals surface area contributed by atoms with E-state index in [2.05, 4.69) is 20.7 Å². The van der Waals surface area contributed by atoms with Gasteiger partial charge in [0.1, 0.15) is 0 Å². The van der Waals surface area contributed by atoms with Crippen LogP contribution >= 0.6 is 11.6 Å². The molecule has 1 N–H and O–H groups in total. The SMILES string of the molecule is Clc1cccc(-c2nnn(C3CCNCC3)n2)c1. The summed E-state index contributed by atoms with van der Waals surface area (Å²) in [5, 5.41) is 16.7. The third-order valence-electron chi connectivity index (χ3n) is 3.15. The van der Waals surface area contributed by atoms with Crippen LogP contribution in [0.15, 0.2) is 24.3 Å². The van der Waals surface area contributed by atoms with Crippen molar-refractivity contribution in [1.82, 2.24) is 25.5 Å². The van der Waals surface area contributed by atoms with Crippen LogP contribution in [-0.2, 0) is 0 Å². The van der Waals surface area contributed by atoms with Crippen LogP contribution in [0.3, 0.4) is 0 Å². The van der Waals surface area contributed by atoms with Gasteiger partial charge in [-0.1, -0.05) is 23.7 Å². The Morgan fingerprint density at radius 3 is 2.89 bits per heavy atom. The number of tetrazole rings is 1. The first-order valence-electron chi connectivity index (χ1n) is 6.09. The van der Waals surface area contributed by atoms with Gasteiger partial charge in [0.25, 0.3) is 0 Å². The highest BCUT2D eigenvalue weighted by Crippen LogP contribution is 2.21. The van der Waals surface area contributed by atoms with Gasteiger partial charge in [0.05, 0.1) is 6.04 Å². The number of hydrogen-bond acceptors (Lipinski definition) is 4. The summed E-state index contributed by atoms with van der Waals surface area (Å²) >= 11 is 5.96. The van der Waals surface area contributed by atoms with E-state index in [4.69, 9.17) is 11.6 Å². The molecule has 2 heterocycles. The minimum Gasteiger partial charge on any atom is -0.317 e. The lowest BCUT2D eigenvalue weighted by Crippen LogP contribution is -2.30. The molecule has 6 heteroatoms. The number of nitrogens with one attached hydrogen (secondary N) is 1. The molecule has 0 saturated carbocycles. The van der Waals surface area contributed by atoms with Gasteiger partial charge in [-0.2, -0.15) is 4.80 Å². The van der Waals surface area contributed by atoms with Crippen LogP contribution in [0.5, 0.6) is 0 Å². The van der Waals surface area contributed by atoms with Gasteiger partial charge in [-0.05, 0) is 43.3 Å². The van der Waals surface area contributed by atoms with E-state index in [1.807, 2.05) is 24.3 Å². The van der Waals surface area contributed by atoms with Crippen molar-refractivity contribution in [2.24, 2.45) is 0 Å². The van der Waals surface area contributed by atoms with E-state index in [0.29, 0.717) is 16.9 Å². The molecule has 1 aromatic carbocycles. The molecule has 0 unspecified atom stereocenters. The molecule has 5 nitrogen and oxygen atoms in total. The number of nitrogens with zero attached hydrogens (tertiary/aromatic N) is 4. The van der Waals surface area contributed by atoms with Gasteiger partial charge in [0, 0.05) is 10.6 Å².